The third kappa shape index (κ3) is 6.98. The number of piperidine rings is 1. The Balaban J connectivity index is 0.000000370. The number of fused-ring (bicyclic) bond motifs is 1. The molecule has 0 aliphatic carbocycles. The summed E-state index contributed by atoms with van der Waals surface area (Å²) < 4.78 is 37.6. The lowest BCUT2D eigenvalue weighted by Gasteiger charge is -2.37. The molecule has 2 atom stereocenters. The molecule has 162 valence electrons. The van der Waals surface area contributed by atoms with Crippen molar-refractivity contribution >= 4 is 29.2 Å². The van der Waals surface area contributed by atoms with E-state index in [0.717, 1.165) is 18.5 Å². The van der Waals surface area contributed by atoms with Crippen molar-refractivity contribution in [3.63, 3.8) is 0 Å². The van der Waals surface area contributed by atoms with Crippen LogP contribution in [0.25, 0.3) is 0 Å². The highest BCUT2D eigenvalue weighted by Crippen LogP contribution is 2.25. The summed E-state index contributed by atoms with van der Waals surface area (Å²) in [4.78, 5) is 36.0. The molecule has 0 saturated carbocycles. The third-order valence-corrected chi connectivity index (χ3v) is 5.27. The molecule has 2 aliphatic heterocycles. The Morgan fingerprint density at radius 3 is 2.45 bits per heavy atom. The zero-order valence-corrected chi connectivity index (χ0v) is 16.1. The number of carbonyl (C=O) groups is 3. The van der Waals surface area contributed by atoms with E-state index in [4.69, 9.17) is 19.7 Å². The van der Waals surface area contributed by atoms with Crippen molar-refractivity contribution in [3.8, 4) is 0 Å². The van der Waals surface area contributed by atoms with E-state index in [2.05, 4.69) is 0 Å². The maximum Gasteiger partial charge on any atom is 0.490 e. The molecule has 29 heavy (non-hydrogen) atoms. The van der Waals surface area contributed by atoms with Crippen LogP contribution in [0.5, 0.6) is 0 Å². The molecule has 2 aliphatic rings. The molecule has 2 N–H and O–H groups in total. The van der Waals surface area contributed by atoms with Crippen molar-refractivity contribution in [3.05, 3.63) is 22.4 Å². The Morgan fingerprint density at radius 1 is 1.21 bits per heavy atom. The smallest absolute Gasteiger partial charge is 0.480 e. The summed E-state index contributed by atoms with van der Waals surface area (Å²) >= 11 is 1.52. The maximum absolute atomic E-state index is 12.5. The molecule has 2 fully saturated rings. The molecule has 0 unspecified atom stereocenters. The predicted octanol–water partition coefficient (Wildman–Crippen LogP) is 1.63. The maximum atomic E-state index is 12.5. The molecular weight excluding hydrogens is 417 g/mol. The first-order valence-electron chi connectivity index (χ1n) is 8.75. The largest absolute Gasteiger partial charge is 0.490 e. The first-order chi connectivity index (χ1) is 13.6. The molecule has 3 rings (SSSR count). The van der Waals surface area contributed by atoms with Gasteiger partial charge in [0.1, 0.15) is 0 Å². The number of nitrogens with zero attached hydrogens (tertiary/aromatic N) is 2. The first-order valence-corrected chi connectivity index (χ1v) is 9.69. The Labute approximate surface area is 168 Å². The zero-order chi connectivity index (χ0) is 21.6. The highest BCUT2D eigenvalue weighted by molar-refractivity contribution is 7.08. The van der Waals surface area contributed by atoms with Crippen LogP contribution in [-0.4, -0.2) is 89.5 Å². The summed E-state index contributed by atoms with van der Waals surface area (Å²) in [5.74, 6) is -3.21. The van der Waals surface area contributed by atoms with Gasteiger partial charge in [-0.05, 0) is 24.4 Å². The number of alkyl halides is 3. The van der Waals surface area contributed by atoms with Gasteiger partial charge in [-0.3, -0.25) is 14.5 Å². The first kappa shape index (κ1) is 23.1. The van der Waals surface area contributed by atoms with Gasteiger partial charge in [0.25, 0.3) is 5.91 Å². The average Bonchev–Trinajstić information content (AvgIpc) is 3.07. The number of likely N-dealkylation sites (tertiary alicyclic amines) is 1. The average molecular weight is 438 g/mol. The minimum absolute atomic E-state index is 0.0216. The summed E-state index contributed by atoms with van der Waals surface area (Å²) in [5, 5.41) is 19.8. The lowest BCUT2D eigenvalue weighted by molar-refractivity contribution is -0.192. The fourth-order valence-corrected chi connectivity index (χ4v) is 3.83. The van der Waals surface area contributed by atoms with Crippen LogP contribution in [0.15, 0.2) is 16.8 Å². The quantitative estimate of drug-likeness (QED) is 0.739. The number of rotatable bonds is 3. The number of carboxylic acid groups (broad SMARTS) is 2. The topological polar surface area (TPSA) is 107 Å². The summed E-state index contributed by atoms with van der Waals surface area (Å²) in [5.41, 5.74) is 0.742. The van der Waals surface area contributed by atoms with Crippen molar-refractivity contribution in [2.45, 2.75) is 18.7 Å². The molecule has 0 bridgehead atoms. The molecule has 0 aromatic carbocycles. The number of hydrogen-bond donors (Lipinski definition) is 2. The summed E-state index contributed by atoms with van der Waals surface area (Å²) in [6.07, 6.45) is -4.20. The van der Waals surface area contributed by atoms with Crippen molar-refractivity contribution in [1.29, 1.82) is 0 Å². The molecule has 1 amide bonds. The second-order valence-electron chi connectivity index (χ2n) is 6.65. The van der Waals surface area contributed by atoms with Gasteiger partial charge in [-0.15, -0.1) is 0 Å². The van der Waals surface area contributed by atoms with Crippen LogP contribution in [0.4, 0.5) is 13.2 Å². The zero-order valence-electron chi connectivity index (χ0n) is 15.3. The van der Waals surface area contributed by atoms with Gasteiger partial charge >= 0.3 is 18.1 Å². The van der Waals surface area contributed by atoms with Crippen molar-refractivity contribution in [1.82, 2.24) is 9.80 Å². The fraction of sp³-hybridized carbons (Fsp3) is 0.588. The lowest BCUT2D eigenvalue weighted by Crippen LogP contribution is -2.48. The van der Waals surface area contributed by atoms with E-state index < -0.39 is 18.1 Å². The number of aliphatic carboxylic acids is 2. The molecule has 0 radical (unpaired) electrons. The van der Waals surface area contributed by atoms with Crippen LogP contribution in [0.2, 0.25) is 0 Å². The highest BCUT2D eigenvalue weighted by Gasteiger charge is 2.38. The van der Waals surface area contributed by atoms with Gasteiger partial charge in [-0.2, -0.15) is 24.5 Å². The number of carboxylic acids is 2. The molecule has 3 heterocycles. The van der Waals surface area contributed by atoms with Crippen LogP contribution in [-0.2, 0) is 14.3 Å². The highest BCUT2D eigenvalue weighted by atomic mass is 32.1. The summed E-state index contributed by atoms with van der Waals surface area (Å²) in [7, 11) is 0. The van der Waals surface area contributed by atoms with Gasteiger partial charge < -0.3 is 19.8 Å². The van der Waals surface area contributed by atoms with Gasteiger partial charge in [0, 0.05) is 30.9 Å². The van der Waals surface area contributed by atoms with E-state index in [1.807, 2.05) is 26.6 Å². The molecule has 0 spiro atoms. The number of halogens is 3. The lowest BCUT2D eigenvalue weighted by atomic mass is 9.93. The van der Waals surface area contributed by atoms with E-state index >= 15 is 0 Å². The monoisotopic (exact) mass is 438 g/mol. The Kier molecular flexibility index (Phi) is 7.99. The number of hydrogen-bond acceptors (Lipinski definition) is 6. The third-order valence-electron chi connectivity index (χ3n) is 4.58. The fourth-order valence-electron chi connectivity index (χ4n) is 3.20. The Hall–Kier alpha value is -2.18. The van der Waals surface area contributed by atoms with Crippen molar-refractivity contribution < 1.29 is 42.5 Å². The van der Waals surface area contributed by atoms with Crippen LogP contribution >= 0.6 is 11.3 Å². The molecule has 8 nitrogen and oxygen atoms in total. The minimum atomic E-state index is -5.08. The Bertz CT molecular complexity index is 713. The van der Waals surface area contributed by atoms with Gasteiger partial charge in [-0.1, -0.05) is 0 Å². The van der Waals surface area contributed by atoms with Crippen molar-refractivity contribution in [2.75, 3.05) is 39.3 Å². The number of carbonyl (C=O) groups excluding carboxylic acids is 1. The summed E-state index contributed by atoms with van der Waals surface area (Å²) in [6, 6.07) is 1.85. The molecule has 2 saturated heterocycles. The number of ether oxygens (including phenoxy) is 1. The standard InChI is InChI=1S/C15H20N2O4S.C2HF3O2/c18-14(19)9-16-3-1-11-7-17(4-5-21-13(11)8-16)15(20)12-2-6-22-10-12;3-2(4,5)1(6)7/h2,6,10-11,13H,1,3-5,7-9H2,(H,18,19);(H,6,7)/t11-,13-;/m1./s1. The molecular formula is C17H21F3N2O6S. The number of amides is 1. The summed E-state index contributed by atoms with van der Waals surface area (Å²) in [6.45, 7) is 3.25. The molecule has 1 aromatic rings. The normalized spacial score (nSPS) is 22.7. The van der Waals surface area contributed by atoms with E-state index in [1.165, 1.54) is 11.3 Å². The Morgan fingerprint density at radius 2 is 1.90 bits per heavy atom. The van der Waals surface area contributed by atoms with Gasteiger partial charge in [0.2, 0.25) is 0 Å². The molecule has 12 heteroatoms. The van der Waals surface area contributed by atoms with E-state index in [1.54, 1.807) is 0 Å². The second kappa shape index (κ2) is 10.0. The van der Waals surface area contributed by atoms with E-state index in [0.29, 0.717) is 26.2 Å². The van der Waals surface area contributed by atoms with Crippen LogP contribution in [0.1, 0.15) is 16.8 Å². The van der Waals surface area contributed by atoms with Gasteiger partial charge in [0.05, 0.1) is 24.8 Å². The SMILES string of the molecule is O=C(O)C(F)(F)F.O=C(O)CN1CC[C@@H]2CN(C(=O)c3ccsc3)CCO[C@@H]2C1. The van der Waals surface area contributed by atoms with Crippen LogP contribution < -0.4 is 0 Å². The van der Waals surface area contributed by atoms with Crippen LogP contribution in [0.3, 0.4) is 0 Å². The second-order valence-corrected chi connectivity index (χ2v) is 7.43. The van der Waals surface area contributed by atoms with E-state index in [9.17, 15) is 22.8 Å². The predicted molar refractivity (Wildman–Crippen MR) is 95.8 cm³/mol. The van der Waals surface area contributed by atoms with Crippen LogP contribution in [0, 0.1) is 5.92 Å². The van der Waals surface area contributed by atoms with Crippen molar-refractivity contribution in [2.24, 2.45) is 5.92 Å². The van der Waals surface area contributed by atoms with E-state index in [-0.39, 0.29) is 24.5 Å². The van der Waals surface area contributed by atoms with Gasteiger partial charge in [0.15, 0.2) is 0 Å². The number of thiophene rings is 1. The van der Waals surface area contributed by atoms with Gasteiger partial charge in [-0.25, -0.2) is 4.79 Å². The minimum Gasteiger partial charge on any atom is -0.480 e. The molecule has 1 aromatic heterocycles.